The van der Waals surface area contributed by atoms with Gasteiger partial charge in [0.1, 0.15) is 0 Å². The van der Waals surface area contributed by atoms with Gasteiger partial charge in [-0.25, -0.2) is 4.79 Å². The van der Waals surface area contributed by atoms with Crippen molar-refractivity contribution >= 4 is 11.9 Å². The highest BCUT2D eigenvalue weighted by Crippen LogP contribution is 2.47. The molecule has 2 aliphatic heterocycles. The summed E-state index contributed by atoms with van der Waals surface area (Å²) in [4.78, 5) is 22.5. The molecule has 2 saturated heterocycles. The molecule has 0 aromatic carbocycles. The van der Waals surface area contributed by atoms with E-state index in [2.05, 4.69) is 0 Å². The Morgan fingerprint density at radius 3 is 2.87 bits per heavy atom. The van der Waals surface area contributed by atoms with E-state index in [0.717, 1.165) is 0 Å². The van der Waals surface area contributed by atoms with Crippen molar-refractivity contribution in [1.82, 2.24) is 0 Å². The fourth-order valence-corrected chi connectivity index (χ4v) is 2.45. The first-order valence-electron chi connectivity index (χ1n) is 5.17. The lowest BCUT2D eigenvalue weighted by molar-refractivity contribution is -0.164. The zero-order valence-corrected chi connectivity index (χ0v) is 8.56. The van der Waals surface area contributed by atoms with Crippen LogP contribution >= 0.6 is 0 Å². The summed E-state index contributed by atoms with van der Waals surface area (Å²) in [7, 11) is 0. The highest BCUT2D eigenvalue weighted by molar-refractivity contribution is 5.83. The van der Waals surface area contributed by atoms with Gasteiger partial charge in [0, 0.05) is 6.42 Å². The Morgan fingerprint density at radius 1 is 1.60 bits per heavy atom. The van der Waals surface area contributed by atoms with E-state index >= 15 is 0 Å². The molecule has 0 amide bonds. The van der Waals surface area contributed by atoms with Crippen molar-refractivity contribution in [2.24, 2.45) is 5.92 Å². The highest BCUT2D eigenvalue weighted by Gasteiger charge is 2.59. The quantitative estimate of drug-likeness (QED) is 0.695. The van der Waals surface area contributed by atoms with Crippen LogP contribution in [0.2, 0.25) is 0 Å². The van der Waals surface area contributed by atoms with Crippen LogP contribution in [0, 0.1) is 5.92 Å². The van der Waals surface area contributed by atoms with E-state index in [1.165, 1.54) is 0 Å². The minimum absolute atomic E-state index is 0.256. The number of hydrogen-bond acceptors (Lipinski definition) is 4. The average molecular weight is 214 g/mol. The summed E-state index contributed by atoms with van der Waals surface area (Å²) < 4.78 is 10.4. The smallest absolute Gasteiger partial charge is 0.338 e. The first-order valence-corrected chi connectivity index (χ1v) is 5.17. The molecule has 0 aromatic rings. The van der Waals surface area contributed by atoms with Crippen LogP contribution in [0.3, 0.4) is 0 Å². The lowest BCUT2D eigenvalue weighted by atomic mass is 9.81. The van der Waals surface area contributed by atoms with Gasteiger partial charge in [-0.15, -0.1) is 0 Å². The first-order chi connectivity index (χ1) is 7.09. The SMILES string of the molecule is CCOC(=O)[C@@]12CC[C@@H](O1)[C@@H](C(=O)O)C2. The molecule has 5 nitrogen and oxygen atoms in total. The molecule has 2 heterocycles. The van der Waals surface area contributed by atoms with E-state index in [0.29, 0.717) is 19.4 Å². The van der Waals surface area contributed by atoms with E-state index in [4.69, 9.17) is 14.6 Å². The standard InChI is InChI=1S/C10H14O5/c1-2-14-9(13)10-4-3-7(15-10)6(5-10)8(11)12/h6-7H,2-5H2,1H3,(H,11,12)/t6-,7+,10-/m0/s1. The van der Waals surface area contributed by atoms with Crippen molar-refractivity contribution < 1.29 is 24.2 Å². The molecule has 2 aliphatic rings. The van der Waals surface area contributed by atoms with E-state index in [1.54, 1.807) is 6.92 Å². The van der Waals surface area contributed by atoms with Crippen molar-refractivity contribution in [1.29, 1.82) is 0 Å². The van der Waals surface area contributed by atoms with Gasteiger partial charge in [-0.05, 0) is 19.8 Å². The molecule has 3 atom stereocenters. The van der Waals surface area contributed by atoms with Gasteiger partial charge in [0.2, 0.25) is 0 Å². The van der Waals surface area contributed by atoms with Crippen molar-refractivity contribution in [2.45, 2.75) is 37.9 Å². The first kappa shape index (κ1) is 10.4. The molecule has 0 unspecified atom stereocenters. The Bertz CT molecular complexity index is 300. The Balaban J connectivity index is 2.12. The summed E-state index contributed by atoms with van der Waals surface area (Å²) >= 11 is 0. The summed E-state index contributed by atoms with van der Waals surface area (Å²) in [6, 6.07) is 0. The van der Waals surface area contributed by atoms with Gasteiger partial charge >= 0.3 is 11.9 Å². The van der Waals surface area contributed by atoms with Crippen LogP contribution in [0.15, 0.2) is 0 Å². The second-order valence-corrected chi connectivity index (χ2v) is 4.06. The van der Waals surface area contributed by atoms with E-state index < -0.39 is 23.5 Å². The molecule has 0 spiro atoms. The number of rotatable bonds is 3. The van der Waals surface area contributed by atoms with E-state index in [9.17, 15) is 9.59 Å². The topological polar surface area (TPSA) is 72.8 Å². The van der Waals surface area contributed by atoms with Gasteiger partial charge in [-0.3, -0.25) is 4.79 Å². The summed E-state index contributed by atoms with van der Waals surface area (Å²) in [5, 5.41) is 8.93. The molecule has 1 N–H and O–H groups in total. The van der Waals surface area contributed by atoms with Crippen LogP contribution in [-0.2, 0) is 19.1 Å². The second-order valence-electron chi connectivity index (χ2n) is 4.06. The van der Waals surface area contributed by atoms with Gasteiger partial charge in [0.05, 0.1) is 18.6 Å². The second kappa shape index (κ2) is 3.48. The zero-order chi connectivity index (χ0) is 11.1. The number of carbonyl (C=O) groups excluding carboxylic acids is 1. The summed E-state index contributed by atoms with van der Waals surface area (Å²) in [6.45, 7) is 2.02. The van der Waals surface area contributed by atoms with Crippen LogP contribution < -0.4 is 0 Å². The third kappa shape index (κ3) is 1.51. The monoisotopic (exact) mass is 214 g/mol. The molecule has 2 rings (SSSR count). The molecule has 84 valence electrons. The number of ether oxygens (including phenoxy) is 2. The van der Waals surface area contributed by atoms with Gasteiger partial charge in [0.25, 0.3) is 0 Å². The molecular weight excluding hydrogens is 200 g/mol. The van der Waals surface area contributed by atoms with Crippen LogP contribution in [0.4, 0.5) is 0 Å². The van der Waals surface area contributed by atoms with Crippen molar-refractivity contribution in [3.05, 3.63) is 0 Å². The number of carbonyl (C=O) groups is 2. The third-order valence-electron chi connectivity index (χ3n) is 3.17. The Labute approximate surface area is 87.4 Å². The van der Waals surface area contributed by atoms with Gasteiger partial charge < -0.3 is 14.6 Å². The molecule has 5 heteroatoms. The Morgan fingerprint density at radius 2 is 2.33 bits per heavy atom. The number of carboxylic acids is 1. The maximum Gasteiger partial charge on any atom is 0.338 e. The molecule has 15 heavy (non-hydrogen) atoms. The van der Waals surface area contributed by atoms with Crippen LogP contribution in [0.5, 0.6) is 0 Å². The number of esters is 1. The number of aliphatic carboxylic acids is 1. The van der Waals surface area contributed by atoms with Crippen molar-refractivity contribution in [2.75, 3.05) is 6.61 Å². The number of carboxylic acid groups (broad SMARTS) is 1. The summed E-state index contributed by atoms with van der Waals surface area (Å²) in [6.07, 6.45) is 1.16. The van der Waals surface area contributed by atoms with Crippen molar-refractivity contribution in [3.8, 4) is 0 Å². The maximum absolute atomic E-state index is 11.7. The minimum Gasteiger partial charge on any atom is -0.481 e. The molecule has 2 bridgehead atoms. The minimum atomic E-state index is -0.969. The molecule has 0 aromatic heterocycles. The van der Waals surface area contributed by atoms with Gasteiger partial charge in [-0.2, -0.15) is 0 Å². The average Bonchev–Trinajstić information content (AvgIpc) is 2.76. The Hall–Kier alpha value is -1.10. The van der Waals surface area contributed by atoms with Gasteiger partial charge in [-0.1, -0.05) is 0 Å². The number of hydrogen-bond donors (Lipinski definition) is 1. The summed E-state index contributed by atoms with van der Waals surface area (Å²) in [5.41, 5.74) is -0.969. The fourth-order valence-electron chi connectivity index (χ4n) is 2.45. The number of fused-ring (bicyclic) bond motifs is 2. The lowest BCUT2D eigenvalue weighted by Gasteiger charge is -2.22. The van der Waals surface area contributed by atoms with Gasteiger partial charge in [0.15, 0.2) is 5.60 Å². The van der Waals surface area contributed by atoms with Crippen LogP contribution in [0.1, 0.15) is 26.2 Å². The highest BCUT2D eigenvalue weighted by atomic mass is 16.6. The predicted molar refractivity (Wildman–Crippen MR) is 49.2 cm³/mol. The molecule has 0 radical (unpaired) electrons. The van der Waals surface area contributed by atoms with Crippen molar-refractivity contribution in [3.63, 3.8) is 0 Å². The molecule has 0 saturated carbocycles. The largest absolute Gasteiger partial charge is 0.481 e. The molecule has 2 fully saturated rings. The van der Waals surface area contributed by atoms with Crippen LogP contribution in [0.25, 0.3) is 0 Å². The Kier molecular flexibility index (Phi) is 2.42. The lowest BCUT2D eigenvalue weighted by Crippen LogP contribution is -2.39. The zero-order valence-electron chi connectivity index (χ0n) is 8.56. The third-order valence-corrected chi connectivity index (χ3v) is 3.17. The predicted octanol–water partition coefficient (Wildman–Crippen LogP) is 0.572. The summed E-state index contributed by atoms with van der Waals surface area (Å²) in [5.74, 6) is -1.84. The fraction of sp³-hybridized carbons (Fsp3) is 0.800. The normalized spacial score (nSPS) is 37.9. The van der Waals surface area contributed by atoms with E-state index in [1.807, 2.05) is 0 Å². The maximum atomic E-state index is 11.7. The molecule has 0 aliphatic carbocycles. The molecular formula is C10H14O5. The van der Waals surface area contributed by atoms with E-state index in [-0.39, 0.29) is 12.5 Å². The van der Waals surface area contributed by atoms with Crippen LogP contribution in [-0.4, -0.2) is 35.4 Å².